The fraction of sp³-hybridized carbons (Fsp3) is 0.125. The molecule has 2 heterocycles. The van der Waals surface area contributed by atoms with Crippen molar-refractivity contribution in [2.24, 2.45) is 0 Å². The van der Waals surface area contributed by atoms with Crippen LogP contribution in [0.4, 0.5) is 5.13 Å². The van der Waals surface area contributed by atoms with E-state index in [0.717, 1.165) is 0 Å². The molecule has 0 unspecified atom stereocenters. The van der Waals surface area contributed by atoms with Gasteiger partial charge in [0.05, 0.1) is 6.20 Å². The van der Waals surface area contributed by atoms with Crippen LogP contribution in [0.3, 0.4) is 0 Å². The standard InChI is InChI=1S/C8H7N3O2S/c1-5-4-10-7(13-5)6(12)11-8-9-2-3-14-8/h2-4H,1H3,(H,9,11,12). The Balaban J connectivity index is 2.10. The molecule has 2 aromatic rings. The molecule has 0 aliphatic carbocycles. The first-order valence-electron chi connectivity index (χ1n) is 3.89. The van der Waals surface area contributed by atoms with Gasteiger partial charge in [-0.15, -0.1) is 11.3 Å². The Hall–Kier alpha value is -1.69. The maximum Gasteiger partial charge on any atom is 0.313 e. The van der Waals surface area contributed by atoms with E-state index in [1.54, 1.807) is 18.5 Å². The van der Waals surface area contributed by atoms with Crippen LogP contribution in [0.1, 0.15) is 16.4 Å². The zero-order valence-electron chi connectivity index (χ0n) is 7.35. The molecule has 0 atom stereocenters. The van der Waals surface area contributed by atoms with Crippen molar-refractivity contribution >= 4 is 22.4 Å². The van der Waals surface area contributed by atoms with Crippen LogP contribution < -0.4 is 5.32 Å². The van der Waals surface area contributed by atoms with Crippen LogP contribution in [-0.4, -0.2) is 15.9 Å². The Morgan fingerprint density at radius 2 is 2.43 bits per heavy atom. The molecule has 0 saturated carbocycles. The topological polar surface area (TPSA) is 68.0 Å². The number of anilines is 1. The summed E-state index contributed by atoms with van der Waals surface area (Å²) >= 11 is 1.34. The second-order valence-corrected chi connectivity index (χ2v) is 3.46. The Bertz CT molecular complexity index is 435. The predicted molar refractivity (Wildman–Crippen MR) is 51.3 cm³/mol. The van der Waals surface area contributed by atoms with Crippen molar-refractivity contribution in [3.63, 3.8) is 0 Å². The number of aryl methyl sites for hydroxylation is 1. The van der Waals surface area contributed by atoms with Crippen molar-refractivity contribution in [2.75, 3.05) is 5.32 Å². The number of rotatable bonds is 2. The van der Waals surface area contributed by atoms with Crippen molar-refractivity contribution in [2.45, 2.75) is 6.92 Å². The van der Waals surface area contributed by atoms with Crippen molar-refractivity contribution in [1.29, 1.82) is 0 Å². The highest BCUT2D eigenvalue weighted by molar-refractivity contribution is 7.13. The van der Waals surface area contributed by atoms with E-state index < -0.39 is 0 Å². The number of oxazole rings is 1. The summed E-state index contributed by atoms with van der Waals surface area (Å²) in [7, 11) is 0. The highest BCUT2D eigenvalue weighted by Gasteiger charge is 2.12. The van der Waals surface area contributed by atoms with Crippen LogP contribution in [0.2, 0.25) is 0 Å². The van der Waals surface area contributed by atoms with Gasteiger partial charge in [-0.05, 0) is 6.92 Å². The Labute approximate surface area is 83.8 Å². The lowest BCUT2D eigenvalue weighted by Crippen LogP contribution is -2.11. The Morgan fingerprint density at radius 1 is 1.57 bits per heavy atom. The lowest BCUT2D eigenvalue weighted by Gasteiger charge is -1.95. The molecule has 14 heavy (non-hydrogen) atoms. The van der Waals surface area contributed by atoms with Crippen LogP contribution in [0.15, 0.2) is 22.2 Å². The number of nitrogens with zero attached hydrogens (tertiary/aromatic N) is 2. The molecule has 0 aliphatic heterocycles. The second-order valence-electron chi connectivity index (χ2n) is 2.57. The summed E-state index contributed by atoms with van der Waals surface area (Å²) in [5.74, 6) is 0.278. The van der Waals surface area contributed by atoms with E-state index in [1.807, 2.05) is 0 Å². The lowest BCUT2D eigenvalue weighted by molar-refractivity contribution is 0.0989. The molecule has 5 nitrogen and oxygen atoms in total. The molecular weight excluding hydrogens is 202 g/mol. The largest absolute Gasteiger partial charge is 0.438 e. The van der Waals surface area contributed by atoms with Gasteiger partial charge < -0.3 is 4.42 Å². The van der Waals surface area contributed by atoms with Crippen LogP contribution >= 0.6 is 11.3 Å². The van der Waals surface area contributed by atoms with Crippen LogP contribution in [0.25, 0.3) is 0 Å². The van der Waals surface area contributed by atoms with Gasteiger partial charge in [0.2, 0.25) is 0 Å². The minimum Gasteiger partial charge on any atom is -0.438 e. The van der Waals surface area contributed by atoms with Crippen LogP contribution in [0.5, 0.6) is 0 Å². The van der Waals surface area contributed by atoms with Gasteiger partial charge in [-0.1, -0.05) is 0 Å². The van der Waals surface area contributed by atoms with E-state index >= 15 is 0 Å². The normalized spacial score (nSPS) is 10.1. The summed E-state index contributed by atoms with van der Waals surface area (Å²) in [4.78, 5) is 19.1. The highest BCUT2D eigenvalue weighted by Crippen LogP contribution is 2.12. The summed E-state index contributed by atoms with van der Waals surface area (Å²) in [5, 5.41) is 4.87. The van der Waals surface area contributed by atoms with Crippen molar-refractivity contribution in [3.05, 3.63) is 29.4 Å². The third-order valence-electron chi connectivity index (χ3n) is 1.47. The second kappa shape index (κ2) is 3.59. The number of nitrogens with one attached hydrogen (secondary N) is 1. The quantitative estimate of drug-likeness (QED) is 0.817. The number of aromatic nitrogens is 2. The molecule has 0 aromatic carbocycles. The minimum absolute atomic E-state index is 0.0534. The van der Waals surface area contributed by atoms with E-state index in [9.17, 15) is 4.79 Å². The Morgan fingerprint density at radius 3 is 3.00 bits per heavy atom. The molecule has 1 N–H and O–H groups in total. The molecule has 0 fully saturated rings. The maximum atomic E-state index is 11.4. The van der Waals surface area contributed by atoms with E-state index in [2.05, 4.69) is 15.3 Å². The van der Waals surface area contributed by atoms with E-state index in [0.29, 0.717) is 10.9 Å². The first kappa shape index (κ1) is 8.89. The molecule has 0 saturated heterocycles. The number of hydrogen-bond acceptors (Lipinski definition) is 5. The zero-order valence-corrected chi connectivity index (χ0v) is 8.17. The third kappa shape index (κ3) is 1.80. The number of carbonyl (C=O) groups excluding carboxylic acids is 1. The number of hydrogen-bond donors (Lipinski definition) is 1. The van der Waals surface area contributed by atoms with Gasteiger partial charge in [0.1, 0.15) is 5.76 Å². The molecule has 0 spiro atoms. The molecule has 6 heteroatoms. The number of thiazole rings is 1. The van der Waals surface area contributed by atoms with Gasteiger partial charge >= 0.3 is 5.91 Å². The molecule has 2 aromatic heterocycles. The van der Waals surface area contributed by atoms with Gasteiger partial charge in [-0.25, -0.2) is 9.97 Å². The summed E-state index contributed by atoms with van der Waals surface area (Å²) in [6.45, 7) is 1.73. The zero-order chi connectivity index (χ0) is 9.97. The fourth-order valence-corrected chi connectivity index (χ4v) is 1.42. The van der Waals surface area contributed by atoms with Gasteiger partial charge in [0.15, 0.2) is 5.13 Å². The van der Waals surface area contributed by atoms with Gasteiger partial charge in [0, 0.05) is 11.6 Å². The summed E-state index contributed by atoms with van der Waals surface area (Å²) < 4.78 is 5.05. The SMILES string of the molecule is Cc1cnc(C(=O)Nc2nccs2)o1. The molecule has 0 bridgehead atoms. The van der Waals surface area contributed by atoms with E-state index in [4.69, 9.17) is 4.42 Å². The average Bonchev–Trinajstić information content (AvgIpc) is 2.75. The molecular formula is C8H7N3O2S. The van der Waals surface area contributed by atoms with Crippen molar-refractivity contribution in [1.82, 2.24) is 9.97 Å². The molecule has 0 radical (unpaired) electrons. The molecule has 1 amide bonds. The smallest absolute Gasteiger partial charge is 0.313 e. The average molecular weight is 209 g/mol. The summed E-state index contributed by atoms with van der Waals surface area (Å²) in [6, 6.07) is 0. The number of amides is 1. The Kier molecular flexibility index (Phi) is 2.28. The van der Waals surface area contributed by atoms with Gasteiger partial charge in [0.25, 0.3) is 5.89 Å². The molecule has 2 rings (SSSR count). The first-order chi connectivity index (χ1) is 6.75. The predicted octanol–water partition coefficient (Wildman–Crippen LogP) is 1.69. The fourth-order valence-electron chi connectivity index (χ4n) is 0.895. The van der Waals surface area contributed by atoms with Crippen molar-refractivity contribution in [3.8, 4) is 0 Å². The molecule has 72 valence electrons. The van der Waals surface area contributed by atoms with Gasteiger partial charge in [-0.3, -0.25) is 10.1 Å². The molecule has 0 aliphatic rings. The van der Waals surface area contributed by atoms with Crippen LogP contribution in [0, 0.1) is 6.92 Å². The minimum atomic E-state index is -0.381. The first-order valence-corrected chi connectivity index (χ1v) is 4.77. The maximum absolute atomic E-state index is 11.4. The van der Waals surface area contributed by atoms with E-state index in [1.165, 1.54) is 17.5 Å². The monoisotopic (exact) mass is 209 g/mol. The summed E-state index contributed by atoms with van der Waals surface area (Å²) in [6.07, 6.45) is 3.11. The van der Waals surface area contributed by atoms with Gasteiger partial charge in [-0.2, -0.15) is 0 Å². The van der Waals surface area contributed by atoms with Crippen molar-refractivity contribution < 1.29 is 9.21 Å². The highest BCUT2D eigenvalue weighted by atomic mass is 32.1. The third-order valence-corrected chi connectivity index (χ3v) is 2.16. The number of carbonyl (C=O) groups is 1. The van der Waals surface area contributed by atoms with E-state index in [-0.39, 0.29) is 11.8 Å². The van der Waals surface area contributed by atoms with Crippen LogP contribution in [-0.2, 0) is 0 Å². The summed E-state index contributed by atoms with van der Waals surface area (Å²) in [5.41, 5.74) is 0. The lowest BCUT2D eigenvalue weighted by atomic mass is 10.6.